The molecule has 0 heterocycles. The van der Waals surface area contributed by atoms with Gasteiger partial charge in [0.05, 0.1) is 7.11 Å². The number of hydrogen-bond donors (Lipinski definition) is 1. The van der Waals surface area contributed by atoms with Gasteiger partial charge in [0.15, 0.2) is 0 Å². The smallest absolute Gasteiger partial charge is 0.118 e. The van der Waals surface area contributed by atoms with Gasteiger partial charge in [0.1, 0.15) is 5.75 Å². The number of aryl methyl sites for hydroxylation is 1. The molecule has 19 heavy (non-hydrogen) atoms. The number of ether oxygens (including phenoxy) is 1. The van der Waals surface area contributed by atoms with Crippen molar-refractivity contribution in [2.24, 2.45) is 0 Å². The number of rotatable bonds is 5. The monoisotopic (exact) mass is 319 g/mol. The Bertz CT molecular complexity index is 517. The van der Waals surface area contributed by atoms with Crippen LogP contribution in [-0.4, -0.2) is 13.7 Å². The quantitative estimate of drug-likeness (QED) is 0.880. The van der Waals surface area contributed by atoms with Crippen molar-refractivity contribution >= 4 is 21.6 Å². The zero-order chi connectivity index (χ0) is 13.7. The summed E-state index contributed by atoms with van der Waals surface area (Å²) in [6.45, 7) is 3.02. The Morgan fingerprint density at radius 1 is 1.11 bits per heavy atom. The van der Waals surface area contributed by atoms with Gasteiger partial charge in [-0.3, -0.25) is 0 Å². The highest BCUT2D eigenvalue weighted by molar-refractivity contribution is 9.10. The number of methoxy groups -OCH3 is 1. The molecule has 0 aromatic heterocycles. The normalized spacial score (nSPS) is 10.3. The molecule has 2 rings (SSSR count). The molecule has 0 radical (unpaired) electrons. The van der Waals surface area contributed by atoms with Crippen LogP contribution in [0.15, 0.2) is 46.9 Å². The summed E-state index contributed by atoms with van der Waals surface area (Å²) in [5.41, 5.74) is 3.71. The Morgan fingerprint density at radius 3 is 2.47 bits per heavy atom. The molecule has 0 fully saturated rings. The summed E-state index contributed by atoms with van der Waals surface area (Å²) in [5, 5.41) is 3.44. The van der Waals surface area contributed by atoms with Crippen molar-refractivity contribution in [2.45, 2.75) is 13.3 Å². The van der Waals surface area contributed by atoms with E-state index in [0.717, 1.165) is 28.9 Å². The second kappa shape index (κ2) is 6.62. The maximum absolute atomic E-state index is 5.15. The van der Waals surface area contributed by atoms with E-state index >= 15 is 0 Å². The van der Waals surface area contributed by atoms with Gasteiger partial charge in [0, 0.05) is 16.7 Å². The van der Waals surface area contributed by atoms with Crippen molar-refractivity contribution in [1.29, 1.82) is 0 Å². The number of anilines is 1. The molecule has 0 saturated carbocycles. The van der Waals surface area contributed by atoms with Crippen molar-refractivity contribution in [2.75, 3.05) is 19.0 Å². The molecular weight excluding hydrogens is 302 g/mol. The lowest BCUT2D eigenvalue weighted by Gasteiger charge is -2.08. The summed E-state index contributed by atoms with van der Waals surface area (Å²) < 4.78 is 6.26. The summed E-state index contributed by atoms with van der Waals surface area (Å²) >= 11 is 3.51. The van der Waals surface area contributed by atoms with Gasteiger partial charge in [-0.25, -0.2) is 0 Å². The molecule has 0 unspecified atom stereocenters. The van der Waals surface area contributed by atoms with Gasteiger partial charge in [-0.1, -0.05) is 28.1 Å². The Kier molecular flexibility index (Phi) is 4.86. The molecule has 3 heteroatoms. The Balaban J connectivity index is 1.88. The van der Waals surface area contributed by atoms with Gasteiger partial charge in [-0.2, -0.15) is 0 Å². The van der Waals surface area contributed by atoms with E-state index < -0.39 is 0 Å². The standard InChI is InChI=1S/C16H18BrNO/c1-12-9-14(17)11-15(10-12)18-8-7-13-3-5-16(19-2)6-4-13/h3-6,9-11,18H,7-8H2,1-2H3. The van der Waals surface area contributed by atoms with Crippen molar-refractivity contribution in [3.63, 3.8) is 0 Å². The zero-order valence-electron chi connectivity index (χ0n) is 11.2. The molecular formula is C16H18BrNO. The zero-order valence-corrected chi connectivity index (χ0v) is 12.8. The first-order chi connectivity index (χ1) is 9.17. The first kappa shape index (κ1) is 13.9. The molecule has 0 spiro atoms. The van der Waals surface area contributed by atoms with E-state index in [0.29, 0.717) is 0 Å². The van der Waals surface area contributed by atoms with Crippen LogP contribution >= 0.6 is 15.9 Å². The molecule has 0 aliphatic rings. The Hall–Kier alpha value is -1.48. The second-order valence-corrected chi connectivity index (χ2v) is 5.46. The summed E-state index contributed by atoms with van der Waals surface area (Å²) in [5.74, 6) is 0.902. The molecule has 2 aromatic rings. The third-order valence-corrected chi connectivity index (χ3v) is 3.40. The van der Waals surface area contributed by atoms with Crippen LogP contribution in [0.4, 0.5) is 5.69 Å². The molecule has 0 aliphatic carbocycles. The summed E-state index contributed by atoms with van der Waals surface area (Å²) in [6.07, 6.45) is 0.996. The molecule has 2 nitrogen and oxygen atoms in total. The molecule has 2 aromatic carbocycles. The fraction of sp³-hybridized carbons (Fsp3) is 0.250. The van der Waals surface area contributed by atoms with Crippen LogP contribution in [0.5, 0.6) is 5.75 Å². The molecule has 0 aliphatic heterocycles. The number of halogens is 1. The highest BCUT2D eigenvalue weighted by Crippen LogP contribution is 2.19. The highest BCUT2D eigenvalue weighted by atomic mass is 79.9. The van der Waals surface area contributed by atoms with Crippen molar-refractivity contribution in [3.05, 3.63) is 58.1 Å². The van der Waals surface area contributed by atoms with E-state index in [-0.39, 0.29) is 0 Å². The van der Waals surface area contributed by atoms with Crippen molar-refractivity contribution in [1.82, 2.24) is 0 Å². The van der Waals surface area contributed by atoms with E-state index in [1.54, 1.807) is 7.11 Å². The topological polar surface area (TPSA) is 21.3 Å². The maximum Gasteiger partial charge on any atom is 0.118 e. The predicted octanol–water partition coefficient (Wildman–Crippen LogP) is 4.42. The second-order valence-electron chi connectivity index (χ2n) is 4.54. The van der Waals surface area contributed by atoms with Gasteiger partial charge in [0.25, 0.3) is 0 Å². The van der Waals surface area contributed by atoms with Gasteiger partial charge in [0.2, 0.25) is 0 Å². The Morgan fingerprint density at radius 2 is 1.84 bits per heavy atom. The third kappa shape index (κ3) is 4.28. The van der Waals surface area contributed by atoms with E-state index in [9.17, 15) is 0 Å². The lowest BCUT2D eigenvalue weighted by Crippen LogP contribution is -2.05. The van der Waals surface area contributed by atoms with Crippen molar-refractivity contribution < 1.29 is 4.74 Å². The van der Waals surface area contributed by atoms with Crippen LogP contribution in [0.25, 0.3) is 0 Å². The van der Waals surface area contributed by atoms with Crippen LogP contribution < -0.4 is 10.1 Å². The van der Waals surface area contributed by atoms with Gasteiger partial charge in [-0.05, 0) is 54.8 Å². The lowest BCUT2D eigenvalue weighted by atomic mass is 10.1. The van der Waals surface area contributed by atoms with E-state index in [1.165, 1.54) is 11.1 Å². The number of nitrogens with one attached hydrogen (secondary N) is 1. The van der Waals surface area contributed by atoms with Gasteiger partial charge >= 0.3 is 0 Å². The van der Waals surface area contributed by atoms with Crippen LogP contribution in [0.2, 0.25) is 0 Å². The van der Waals surface area contributed by atoms with Crippen LogP contribution in [-0.2, 0) is 6.42 Å². The lowest BCUT2D eigenvalue weighted by molar-refractivity contribution is 0.414. The maximum atomic E-state index is 5.15. The molecule has 0 amide bonds. The average Bonchev–Trinajstić information content (AvgIpc) is 2.38. The van der Waals surface area contributed by atoms with Gasteiger partial charge in [-0.15, -0.1) is 0 Å². The fourth-order valence-corrected chi connectivity index (χ4v) is 2.59. The van der Waals surface area contributed by atoms with Crippen LogP contribution in [0.3, 0.4) is 0 Å². The minimum absolute atomic E-state index is 0.902. The molecule has 1 N–H and O–H groups in total. The van der Waals surface area contributed by atoms with Crippen LogP contribution in [0, 0.1) is 6.92 Å². The SMILES string of the molecule is COc1ccc(CCNc2cc(C)cc(Br)c2)cc1. The fourth-order valence-electron chi connectivity index (χ4n) is 1.98. The third-order valence-electron chi connectivity index (χ3n) is 2.94. The minimum atomic E-state index is 0.902. The van der Waals surface area contributed by atoms with Crippen LogP contribution in [0.1, 0.15) is 11.1 Å². The summed E-state index contributed by atoms with van der Waals surface area (Å²) in [6, 6.07) is 14.6. The largest absolute Gasteiger partial charge is 0.497 e. The highest BCUT2D eigenvalue weighted by Gasteiger charge is 1.98. The first-order valence-corrected chi connectivity index (χ1v) is 7.10. The molecule has 0 atom stereocenters. The predicted molar refractivity (Wildman–Crippen MR) is 84.1 cm³/mol. The summed E-state index contributed by atoms with van der Waals surface area (Å²) in [4.78, 5) is 0. The number of benzene rings is 2. The van der Waals surface area contributed by atoms with Crippen molar-refractivity contribution in [3.8, 4) is 5.75 Å². The van der Waals surface area contributed by atoms with Gasteiger partial charge < -0.3 is 10.1 Å². The average molecular weight is 320 g/mol. The van der Waals surface area contributed by atoms with E-state index in [1.807, 2.05) is 12.1 Å². The molecule has 0 bridgehead atoms. The number of hydrogen-bond acceptors (Lipinski definition) is 2. The molecule has 100 valence electrons. The summed E-state index contributed by atoms with van der Waals surface area (Å²) in [7, 11) is 1.69. The first-order valence-electron chi connectivity index (χ1n) is 6.31. The Labute approximate surface area is 122 Å². The van der Waals surface area contributed by atoms with E-state index in [4.69, 9.17) is 4.74 Å². The van der Waals surface area contributed by atoms with E-state index in [2.05, 4.69) is 58.5 Å². The minimum Gasteiger partial charge on any atom is -0.497 e. The molecule has 0 saturated heterocycles.